The van der Waals surface area contributed by atoms with Crippen molar-refractivity contribution in [1.82, 2.24) is 14.8 Å². The fraction of sp³-hybridized carbons (Fsp3) is 0.348. The van der Waals surface area contributed by atoms with Gasteiger partial charge >= 0.3 is 0 Å². The van der Waals surface area contributed by atoms with E-state index in [4.69, 9.17) is 4.74 Å². The molecule has 0 spiro atoms. The Morgan fingerprint density at radius 3 is 2.93 bits per heavy atom. The van der Waals surface area contributed by atoms with E-state index in [0.29, 0.717) is 6.61 Å². The predicted octanol–water partition coefficient (Wildman–Crippen LogP) is 3.45. The van der Waals surface area contributed by atoms with Crippen LogP contribution in [0.4, 0.5) is 0 Å². The largest absolute Gasteiger partial charge is 0.368 e. The zero-order chi connectivity index (χ0) is 20.1. The van der Waals surface area contributed by atoms with Crippen molar-refractivity contribution in [1.29, 1.82) is 0 Å². The van der Waals surface area contributed by atoms with Gasteiger partial charge in [-0.2, -0.15) is 5.10 Å². The fourth-order valence-corrected chi connectivity index (χ4v) is 3.89. The van der Waals surface area contributed by atoms with Gasteiger partial charge in [0.1, 0.15) is 6.10 Å². The molecule has 1 aliphatic rings. The van der Waals surface area contributed by atoms with Crippen molar-refractivity contribution in [2.24, 2.45) is 5.10 Å². The number of hydrogen-bond acceptors (Lipinski definition) is 4. The Morgan fingerprint density at radius 2 is 2.14 bits per heavy atom. The summed E-state index contributed by atoms with van der Waals surface area (Å²) < 4.78 is 7.73. The molecule has 3 aromatic rings. The van der Waals surface area contributed by atoms with Crippen LogP contribution in [-0.4, -0.2) is 34.2 Å². The Morgan fingerprint density at radius 1 is 1.28 bits per heavy atom. The summed E-state index contributed by atoms with van der Waals surface area (Å²) in [6, 6.07) is 10.2. The van der Waals surface area contributed by atoms with Crippen molar-refractivity contribution < 1.29 is 9.53 Å². The van der Waals surface area contributed by atoms with Crippen LogP contribution < -0.4 is 5.43 Å². The number of rotatable bonds is 6. The number of nitrogens with zero attached hydrogens (tertiary/aromatic N) is 3. The Hall–Kier alpha value is -2.99. The average molecular weight is 390 g/mol. The van der Waals surface area contributed by atoms with Crippen molar-refractivity contribution in [3.05, 3.63) is 71.3 Å². The Balaban J connectivity index is 1.53. The molecule has 1 unspecified atom stereocenters. The van der Waals surface area contributed by atoms with Crippen LogP contribution in [0.25, 0.3) is 5.52 Å². The quantitative estimate of drug-likeness (QED) is 0.518. The van der Waals surface area contributed by atoms with E-state index < -0.39 is 0 Å². The maximum absolute atomic E-state index is 12.2. The summed E-state index contributed by atoms with van der Waals surface area (Å²) in [5.41, 5.74) is 8.45. The molecule has 150 valence electrons. The Labute approximate surface area is 170 Å². The van der Waals surface area contributed by atoms with Crippen molar-refractivity contribution in [2.75, 3.05) is 6.61 Å². The molecule has 0 bridgehead atoms. The molecule has 4 rings (SSSR count). The maximum Gasteiger partial charge on any atom is 0.269 e. The highest BCUT2D eigenvalue weighted by Gasteiger charge is 2.21. The van der Waals surface area contributed by atoms with E-state index >= 15 is 0 Å². The molecule has 1 amide bonds. The standard InChI is InChI=1S/C23H26N4O2/c1-17-19(16-25-26-23(28)22-7-3-5-15-29-22)21-6-2-4-14-27(21)20(17)9-8-18-10-12-24-13-11-18/h2,4,6,10-14,16,22H,3,5,7-9,15H2,1H3,(H,26,28)/b25-16+. The molecule has 6 nitrogen and oxygen atoms in total. The third-order valence-corrected chi connectivity index (χ3v) is 5.50. The highest BCUT2D eigenvalue weighted by atomic mass is 16.5. The number of carbonyl (C=O) groups is 1. The average Bonchev–Trinajstić information content (AvgIpc) is 3.04. The second kappa shape index (κ2) is 9.01. The van der Waals surface area contributed by atoms with Gasteiger partial charge in [-0.15, -0.1) is 0 Å². The number of nitrogens with one attached hydrogen (secondary N) is 1. The summed E-state index contributed by atoms with van der Waals surface area (Å²) >= 11 is 0. The summed E-state index contributed by atoms with van der Waals surface area (Å²) in [4.78, 5) is 16.3. The van der Waals surface area contributed by atoms with E-state index in [1.54, 1.807) is 6.21 Å². The zero-order valence-corrected chi connectivity index (χ0v) is 16.7. The number of aryl methyl sites for hydroxylation is 2. The van der Waals surface area contributed by atoms with Crippen LogP contribution >= 0.6 is 0 Å². The van der Waals surface area contributed by atoms with Gasteiger partial charge in [0.05, 0.1) is 11.7 Å². The van der Waals surface area contributed by atoms with Crippen LogP contribution in [0.2, 0.25) is 0 Å². The maximum atomic E-state index is 12.2. The van der Waals surface area contributed by atoms with Gasteiger partial charge in [0.25, 0.3) is 5.91 Å². The molecule has 1 aliphatic heterocycles. The van der Waals surface area contributed by atoms with Gasteiger partial charge in [-0.25, -0.2) is 5.43 Å². The number of fused-ring (bicyclic) bond motifs is 1. The minimum absolute atomic E-state index is 0.167. The molecule has 29 heavy (non-hydrogen) atoms. The van der Waals surface area contributed by atoms with Gasteiger partial charge < -0.3 is 9.14 Å². The lowest BCUT2D eigenvalue weighted by Gasteiger charge is -2.20. The highest BCUT2D eigenvalue weighted by molar-refractivity contribution is 5.93. The summed E-state index contributed by atoms with van der Waals surface area (Å²) in [7, 11) is 0. The van der Waals surface area contributed by atoms with Gasteiger partial charge in [0, 0.05) is 36.5 Å². The van der Waals surface area contributed by atoms with Crippen molar-refractivity contribution in [3.8, 4) is 0 Å². The molecule has 0 aromatic carbocycles. The summed E-state index contributed by atoms with van der Waals surface area (Å²) in [5.74, 6) is -0.167. The minimum Gasteiger partial charge on any atom is -0.368 e. The molecule has 1 saturated heterocycles. The molecule has 1 atom stereocenters. The van der Waals surface area contributed by atoms with Crippen LogP contribution in [0.5, 0.6) is 0 Å². The number of pyridine rings is 2. The first-order valence-electron chi connectivity index (χ1n) is 10.2. The molecular weight excluding hydrogens is 364 g/mol. The van der Waals surface area contributed by atoms with Crippen molar-refractivity contribution in [3.63, 3.8) is 0 Å². The molecular formula is C23H26N4O2. The number of amides is 1. The van der Waals surface area contributed by atoms with Gasteiger partial charge in [0.15, 0.2) is 0 Å². The zero-order valence-electron chi connectivity index (χ0n) is 16.7. The van der Waals surface area contributed by atoms with Crippen LogP contribution in [0.3, 0.4) is 0 Å². The van der Waals surface area contributed by atoms with E-state index in [2.05, 4.69) is 51.2 Å². The molecule has 0 saturated carbocycles. The summed E-state index contributed by atoms with van der Waals surface area (Å²) in [5, 5.41) is 4.23. The van der Waals surface area contributed by atoms with Crippen molar-refractivity contribution in [2.45, 2.75) is 45.1 Å². The molecule has 0 radical (unpaired) electrons. The number of carbonyl (C=O) groups excluding carboxylic acids is 1. The van der Waals surface area contributed by atoms with Crippen LogP contribution in [0, 0.1) is 6.92 Å². The minimum atomic E-state index is -0.385. The third kappa shape index (κ3) is 4.38. The van der Waals surface area contributed by atoms with E-state index in [-0.39, 0.29) is 12.0 Å². The van der Waals surface area contributed by atoms with Crippen LogP contribution in [0.15, 0.2) is 54.0 Å². The molecule has 4 heterocycles. The SMILES string of the molecule is Cc1c(/C=N/NC(=O)C2CCCCO2)c2ccccn2c1CCc1ccncc1. The fourth-order valence-electron chi connectivity index (χ4n) is 3.89. The van der Waals surface area contributed by atoms with E-state index in [1.807, 2.05) is 24.5 Å². The summed E-state index contributed by atoms with van der Waals surface area (Å²) in [6.07, 6.45) is 11.8. The topological polar surface area (TPSA) is 68.0 Å². The summed E-state index contributed by atoms with van der Waals surface area (Å²) in [6.45, 7) is 2.76. The van der Waals surface area contributed by atoms with E-state index in [1.165, 1.54) is 16.8 Å². The van der Waals surface area contributed by atoms with Gasteiger partial charge in [-0.05, 0) is 74.4 Å². The van der Waals surface area contributed by atoms with Gasteiger partial charge in [-0.3, -0.25) is 9.78 Å². The number of hydrogen-bond donors (Lipinski definition) is 1. The molecule has 1 fully saturated rings. The molecule has 3 aromatic heterocycles. The van der Waals surface area contributed by atoms with Crippen LogP contribution in [0.1, 0.15) is 41.6 Å². The molecule has 6 heteroatoms. The normalized spacial score (nSPS) is 17.1. The van der Waals surface area contributed by atoms with Crippen LogP contribution in [-0.2, 0) is 22.4 Å². The third-order valence-electron chi connectivity index (χ3n) is 5.50. The highest BCUT2D eigenvalue weighted by Crippen LogP contribution is 2.23. The monoisotopic (exact) mass is 390 g/mol. The van der Waals surface area contributed by atoms with E-state index in [0.717, 1.165) is 43.2 Å². The first kappa shape index (κ1) is 19.3. The number of hydrazone groups is 1. The lowest BCUT2D eigenvalue weighted by atomic mass is 10.1. The number of aromatic nitrogens is 2. The Kier molecular flexibility index (Phi) is 6.00. The second-order valence-electron chi connectivity index (χ2n) is 7.39. The lowest BCUT2D eigenvalue weighted by molar-refractivity contribution is -0.135. The Bertz CT molecular complexity index is 1000. The van der Waals surface area contributed by atoms with Gasteiger partial charge in [-0.1, -0.05) is 6.07 Å². The number of ether oxygens (including phenoxy) is 1. The molecule has 0 aliphatic carbocycles. The van der Waals surface area contributed by atoms with E-state index in [9.17, 15) is 4.79 Å². The smallest absolute Gasteiger partial charge is 0.269 e. The van der Waals surface area contributed by atoms with Crippen molar-refractivity contribution >= 4 is 17.6 Å². The second-order valence-corrected chi connectivity index (χ2v) is 7.39. The first-order valence-corrected chi connectivity index (χ1v) is 10.2. The lowest BCUT2D eigenvalue weighted by Crippen LogP contribution is -2.35. The predicted molar refractivity (Wildman–Crippen MR) is 113 cm³/mol. The molecule has 1 N–H and O–H groups in total. The first-order chi connectivity index (χ1) is 14.2. The van der Waals surface area contributed by atoms with Gasteiger partial charge in [0.2, 0.25) is 0 Å².